The second-order valence-corrected chi connectivity index (χ2v) is 4.58. The van der Waals surface area contributed by atoms with Crippen molar-refractivity contribution >= 4 is 5.91 Å². The van der Waals surface area contributed by atoms with Crippen LogP contribution in [-0.2, 0) is 0 Å². The number of carbonyl (C=O) groups excluding carboxylic acids is 1. The van der Waals surface area contributed by atoms with E-state index < -0.39 is 0 Å². The number of amides is 1. The first-order valence-corrected chi connectivity index (χ1v) is 5.94. The van der Waals surface area contributed by atoms with E-state index in [0.717, 1.165) is 19.3 Å². The Balaban J connectivity index is 2.19. The molecule has 0 spiro atoms. The zero-order valence-electron chi connectivity index (χ0n) is 9.90. The van der Waals surface area contributed by atoms with E-state index in [1.807, 2.05) is 6.92 Å². The summed E-state index contributed by atoms with van der Waals surface area (Å²) in [6, 6.07) is 0.0135. The van der Waals surface area contributed by atoms with Gasteiger partial charge in [-0.3, -0.25) is 4.79 Å². The largest absolute Gasteiger partial charge is 0.333 e. The van der Waals surface area contributed by atoms with Crippen molar-refractivity contribution in [2.45, 2.75) is 38.3 Å². The van der Waals surface area contributed by atoms with Gasteiger partial charge in [-0.2, -0.15) is 0 Å². The van der Waals surface area contributed by atoms with Gasteiger partial charge in [0, 0.05) is 24.8 Å². The number of piperidine rings is 1. The summed E-state index contributed by atoms with van der Waals surface area (Å²) >= 11 is 0. The van der Waals surface area contributed by atoms with Crippen LogP contribution in [0.4, 0.5) is 0 Å². The molecule has 2 heterocycles. The summed E-state index contributed by atoms with van der Waals surface area (Å²) < 4.78 is 0. The molecular weight excluding hydrogens is 220 g/mol. The molecule has 1 aromatic rings. The summed E-state index contributed by atoms with van der Waals surface area (Å²) in [5, 5.41) is 0. The Kier molecular flexibility index (Phi) is 3.33. The Morgan fingerprint density at radius 3 is 2.94 bits per heavy atom. The normalized spacial score (nSPS) is 22.5. The minimum Gasteiger partial charge on any atom is -0.333 e. The lowest BCUT2D eigenvalue weighted by molar-refractivity contribution is 0.0578. The second-order valence-electron chi connectivity index (χ2n) is 4.58. The number of imidazole rings is 1. The maximum Gasteiger partial charge on any atom is 0.323 e. The molecule has 0 aromatic carbocycles. The van der Waals surface area contributed by atoms with Gasteiger partial charge in [0.05, 0.1) is 0 Å². The van der Waals surface area contributed by atoms with Crippen LogP contribution in [0, 0.1) is 0 Å². The molecule has 1 amide bonds. The first kappa shape index (κ1) is 11.9. The molecule has 6 heteroatoms. The van der Waals surface area contributed by atoms with E-state index in [1.54, 1.807) is 4.90 Å². The Labute approximate surface area is 99.2 Å². The van der Waals surface area contributed by atoms with Crippen LogP contribution in [0.15, 0.2) is 11.0 Å². The Morgan fingerprint density at radius 2 is 2.35 bits per heavy atom. The predicted octanol–water partition coefficient (Wildman–Crippen LogP) is 0.0449. The van der Waals surface area contributed by atoms with E-state index in [1.165, 1.54) is 6.20 Å². The summed E-state index contributed by atoms with van der Waals surface area (Å²) in [5.41, 5.74) is 5.85. The molecule has 1 aliphatic heterocycles. The molecule has 1 aromatic heterocycles. The summed E-state index contributed by atoms with van der Waals surface area (Å²) in [5.74, 6) is -0.148. The molecule has 1 fully saturated rings. The van der Waals surface area contributed by atoms with Gasteiger partial charge in [-0.1, -0.05) is 0 Å². The van der Waals surface area contributed by atoms with Crippen molar-refractivity contribution in [3.05, 3.63) is 22.4 Å². The zero-order valence-corrected chi connectivity index (χ0v) is 9.90. The van der Waals surface area contributed by atoms with Gasteiger partial charge in [0.2, 0.25) is 0 Å². The lowest BCUT2D eigenvalue weighted by Crippen LogP contribution is -2.51. The van der Waals surface area contributed by atoms with E-state index in [0.29, 0.717) is 12.2 Å². The number of H-pyrrole nitrogens is 2. The van der Waals surface area contributed by atoms with Crippen molar-refractivity contribution in [1.29, 1.82) is 0 Å². The minimum absolute atomic E-state index is 0.0510. The fourth-order valence-electron chi connectivity index (χ4n) is 2.36. The Bertz CT molecular complexity index is 448. The summed E-state index contributed by atoms with van der Waals surface area (Å²) in [6.07, 6.45) is 4.43. The summed E-state index contributed by atoms with van der Waals surface area (Å²) in [6.45, 7) is 2.62. The number of aromatic amines is 2. The lowest BCUT2D eigenvalue weighted by atomic mass is 9.96. The highest BCUT2D eigenvalue weighted by Crippen LogP contribution is 2.20. The first-order chi connectivity index (χ1) is 8.09. The van der Waals surface area contributed by atoms with Crippen LogP contribution in [0.1, 0.15) is 36.7 Å². The molecule has 94 valence electrons. The van der Waals surface area contributed by atoms with Crippen LogP contribution < -0.4 is 11.4 Å². The highest BCUT2D eigenvalue weighted by molar-refractivity contribution is 5.92. The third-order valence-electron chi connectivity index (χ3n) is 3.24. The highest BCUT2D eigenvalue weighted by Gasteiger charge is 2.30. The summed E-state index contributed by atoms with van der Waals surface area (Å²) in [4.78, 5) is 29.9. The zero-order chi connectivity index (χ0) is 12.4. The third kappa shape index (κ3) is 2.41. The molecule has 2 unspecified atom stereocenters. The van der Waals surface area contributed by atoms with Crippen LogP contribution in [0.25, 0.3) is 0 Å². The van der Waals surface area contributed by atoms with E-state index in [-0.39, 0.29) is 23.7 Å². The topological polar surface area (TPSA) is 95.0 Å². The fourth-order valence-corrected chi connectivity index (χ4v) is 2.36. The number of nitrogens with one attached hydrogen (secondary N) is 2. The molecule has 0 bridgehead atoms. The molecule has 0 aliphatic carbocycles. The van der Waals surface area contributed by atoms with Gasteiger partial charge in [-0.25, -0.2) is 4.79 Å². The number of rotatable bonds is 2. The molecule has 17 heavy (non-hydrogen) atoms. The number of hydrogen-bond acceptors (Lipinski definition) is 3. The van der Waals surface area contributed by atoms with E-state index in [4.69, 9.17) is 5.73 Å². The highest BCUT2D eigenvalue weighted by atomic mass is 16.2. The molecule has 1 aliphatic rings. The molecule has 4 N–H and O–H groups in total. The van der Waals surface area contributed by atoms with Crippen molar-refractivity contribution in [2.75, 3.05) is 6.54 Å². The molecular formula is C11H18N4O2. The standard InChI is InChI=1S/C11H18N4O2/c1-7(12)9-4-2-3-5-15(9)10(16)8-6-13-11(17)14-8/h6-7,9H,2-5,12H2,1H3,(H2,13,14,17). The lowest BCUT2D eigenvalue weighted by Gasteiger charge is -2.37. The first-order valence-electron chi connectivity index (χ1n) is 5.94. The van der Waals surface area contributed by atoms with Crippen LogP contribution in [0.2, 0.25) is 0 Å². The fraction of sp³-hybridized carbons (Fsp3) is 0.636. The van der Waals surface area contributed by atoms with E-state index in [9.17, 15) is 9.59 Å². The Morgan fingerprint density at radius 1 is 1.59 bits per heavy atom. The van der Waals surface area contributed by atoms with Gasteiger partial charge >= 0.3 is 5.69 Å². The van der Waals surface area contributed by atoms with Crippen LogP contribution in [0.3, 0.4) is 0 Å². The second kappa shape index (κ2) is 4.75. The van der Waals surface area contributed by atoms with Gasteiger partial charge in [-0.05, 0) is 26.2 Å². The molecule has 0 radical (unpaired) electrons. The van der Waals surface area contributed by atoms with Gasteiger partial charge in [0.25, 0.3) is 5.91 Å². The summed E-state index contributed by atoms with van der Waals surface area (Å²) in [7, 11) is 0. The maximum atomic E-state index is 12.2. The number of likely N-dealkylation sites (tertiary alicyclic amines) is 1. The smallest absolute Gasteiger partial charge is 0.323 e. The van der Waals surface area contributed by atoms with Crippen LogP contribution in [-0.4, -0.2) is 39.4 Å². The average Bonchev–Trinajstić information content (AvgIpc) is 2.75. The Hall–Kier alpha value is -1.56. The van der Waals surface area contributed by atoms with E-state index in [2.05, 4.69) is 9.97 Å². The van der Waals surface area contributed by atoms with Crippen molar-refractivity contribution in [3.8, 4) is 0 Å². The van der Waals surface area contributed by atoms with Gasteiger partial charge in [0.1, 0.15) is 5.69 Å². The third-order valence-corrected chi connectivity index (χ3v) is 3.24. The molecule has 6 nitrogen and oxygen atoms in total. The minimum atomic E-state index is -0.359. The average molecular weight is 238 g/mol. The molecule has 2 rings (SSSR count). The quantitative estimate of drug-likeness (QED) is 0.679. The SMILES string of the molecule is CC(N)C1CCCCN1C(=O)c1c[nH]c(=O)[nH]1. The molecule has 0 saturated carbocycles. The number of aromatic nitrogens is 2. The predicted molar refractivity (Wildman–Crippen MR) is 63.7 cm³/mol. The van der Waals surface area contributed by atoms with Crippen molar-refractivity contribution in [2.24, 2.45) is 5.73 Å². The van der Waals surface area contributed by atoms with Crippen molar-refractivity contribution < 1.29 is 4.79 Å². The van der Waals surface area contributed by atoms with Gasteiger partial charge in [0.15, 0.2) is 0 Å². The van der Waals surface area contributed by atoms with Crippen LogP contribution in [0.5, 0.6) is 0 Å². The van der Waals surface area contributed by atoms with E-state index >= 15 is 0 Å². The monoisotopic (exact) mass is 238 g/mol. The van der Waals surface area contributed by atoms with Crippen molar-refractivity contribution in [3.63, 3.8) is 0 Å². The molecule has 2 atom stereocenters. The van der Waals surface area contributed by atoms with Crippen LogP contribution >= 0.6 is 0 Å². The number of nitrogens with two attached hydrogens (primary N) is 1. The number of nitrogens with zero attached hydrogens (tertiary/aromatic N) is 1. The number of hydrogen-bond donors (Lipinski definition) is 3. The number of carbonyl (C=O) groups is 1. The van der Waals surface area contributed by atoms with Crippen molar-refractivity contribution in [1.82, 2.24) is 14.9 Å². The molecule has 1 saturated heterocycles. The van der Waals surface area contributed by atoms with Gasteiger partial charge in [-0.15, -0.1) is 0 Å². The maximum absolute atomic E-state index is 12.2. The van der Waals surface area contributed by atoms with Gasteiger partial charge < -0.3 is 20.6 Å².